The number of nitrogens with two attached hydrogens (primary N) is 1. The van der Waals surface area contributed by atoms with Crippen LogP contribution in [0.15, 0.2) is 71.3 Å². The van der Waals surface area contributed by atoms with Crippen molar-refractivity contribution in [3.8, 4) is 0 Å². The second-order valence-corrected chi connectivity index (χ2v) is 7.02. The van der Waals surface area contributed by atoms with Crippen LogP contribution in [0.1, 0.15) is 36.4 Å². The maximum Gasteiger partial charge on any atom is 0.187 e. The molecule has 0 spiro atoms. The molecule has 1 aliphatic carbocycles. The summed E-state index contributed by atoms with van der Waals surface area (Å²) in [4.78, 5) is 0. The maximum atomic E-state index is 6.01. The topological polar surface area (TPSA) is 41.6 Å². The molecule has 0 bridgehead atoms. The largest absolute Gasteiger partial charge is 0.375 e. The minimum atomic E-state index is 0.105. The third-order valence-electron chi connectivity index (χ3n) is 5.01. The van der Waals surface area contributed by atoms with Crippen LogP contribution in [0.3, 0.4) is 0 Å². The average Bonchev–Trinajstić information content (AvgIpc) is 3.04. The maximum absolute atomic E-state index is 6.01. The fourth-order valence-electron chi connectivity index (χ4n) is 3.92. The van der Waals surface area contributed by atoms with E-state index in [0.29, 0.717) is 11.0 Å². The molecule has 1 aliphatic heterocycles. The van der Waals surface area contributed by atoms with Crippen LogP contribution >= 0.6 is 12.2 Å². The van der Waals surface area contributed by atoms with Crippen LogP contribution in [0.25, 0.3) is 6.08 Å². The second-order valence-electron chi connectivity index (χ2n) is 6.60. The Bertz CT molecular complexity index is 827. The minimum Gasteiger partial charge on any atom is -0.375 e. The number of fused-ring (bicyclic) bond motifs is 1. The van der Waals surface area contributed by atoms with Gasteiger partial charge in [0.2, 0.25) is 0 Å². The Balaban J connectivity index is 1.74. The molecule has 1 heterocycles. The van der Waals surface area contributed by atoms with Gasteiger partial charge in [0.25, 0.3) is 0 Å². The molecule has 0 aromatic heterocycles. The number of nitrogens with zero attached hydrogens (tertiary/aromatic N) is 2. The van der Waals surface area contributed by atoms with E-state index in [9.17, 15) is 0 Å². The van der Waals surface area contributed by atoms with Gasteiger partial charge in [0.05, 0.1) is 11.8 Å². The van der Waals surface area contributed by atoms with Gasteiger partial charge in [-0.2, -0.15) is 5.10 Å². The Kier molecular flexibility index (Phi) is 4.36. The summed E-state index contributed by atoms with van der Waals surface area (Å²) in [6, 6.07) is 21.0. The predicted molar refractivity (Wildman–Crippen MR) is 107 cm³/mol. The SMILES string of the molecule is NC(=S)N1N=C2/C(=C/c3ccccc3)CCC[C@@H]2[C@H]1c1ccccc1. The molecular weight excluding hydrogens is 326 g/mol. The third-order valence-corrected chi connectivity index (χ3v) is 5.20. The van der Waals surface area contributed by atoms with Crippen LogP contribution in [0, 0.1) is 5.92 Å². The van der Waals surface area contributed by atoms with E-state index in [2.05, 4.69) is 54.6 Å². The van der Waals surface area contributed by atoms with Crippen LogP contribution in [0.5, 0.6) is 0 Å². The van der Waals surface area contributed by atoms with E-state index in [1.54, 1.807) is 0 Å². The standard InChI is InChI=1S/C21H21N3S/c22-21(25)24-20(16-10-5-2-6-11-16)18-13-7-12-17(19(18)23-24)14-15-8-3-1-4-9-15/h1-6,8-11,14,18,20H,7,12-13H2,(H2,22,25)/b17-14+/t18-,20+/m0/s1. The first-order valence-electron chi connectivity index (χ1n) is 8.72. The van der Waals surface area contributed by atoms with E-state index in [4.69, 9.17) is 23.1 Å². The molecule has 3 nitrogen and oxygen atoms in total. The van der Waals surface area contributed by atoms with E-state index in [1.807, 2.05) is 17.1 Å². The highest BCUT2D eigenvalue weighted by Crippen LogP contribution is 2.44. The molecule has 1 fully saturated rings. The summed E-state index contributed by atoms with van der Waals surface area (Å²) in [5, 5.41) is 7.04. The predicted octanol–water partition coefficient (Wildman–Crippen LogP) is 4.53. The van der Waals surface area contributed by atoms with E-state index in [-0.39, 0.29) is 6.04 Å². The van der Waals surface area contributed by atoms with Gasteiger partial charge in [0.15, 0.2) is 5.11 Å². The van der Waals surface area contributed by atoms with Gasteiger partial charge in [-0.05, 0) is 54.3 Å². The highest BCUT2D eigenvalue weighted by Gasteiger charge is 2.42. The van der Waals surface area contributed by atoms with Crippen molar-refractivity contribution >= 4 is 29.1 Å². The lowest BCUT2D eigenvalue weighted by molar-refractivity contribution is 0.305. The van der Waals surface area contributed by atoms with Crippen LogP contribution in [-0.2, 0) is 0 Å². The smallest absolute Gasteiger partial charge is 0.187 e. The molecule has 0 radical (unpaired) electrons. The van der Waals surface area contributed by atoms with Gasteiger partial charge >= 0.3 is 0 Å². The number of hydrogen-bond donors (Lipinski definition) is 1. The van der Waals surface area contributed by atoms with Crippen molar-refractivity contribution in [3.05, 3.63) is 77.4 Å². The molecule has 2 aromatic rings. The Morgan fingerprint density at radius 1 is 1.08 bits per heavy atom. The molecular formula is C21H21N3S. The molecule has 2 N–H and O–H groups in total. The number of benzene rings is 2. The summed E-state index contributed by atoms with van der Waals surface area (Å²) in [5.74, 6) is 0.340. The van der Waals surface area contributed by atoms with Crippen LogP contribution in [0.2, 0.25) is 0 Å². The van der Waals surface area contributed by atoms with Gasteiger partial charge < -0.3 is 5.73 Å². The van der Waals surface area contributed by atoms with Gasteiger partial charge in [0.1, 0.15) is 0 Å². The Morgan fingerprint density at radius 2 is 1.76 bits per heavy atom. The fraction of sp³-hybridized carbons (Fsp3) is 0.238. The normalized spacial score (nSPS) is 24.1. The van der Waals surface area contributed by atoms with Crippen molar-refractivity contribution < 1.29 is 0 Å². The Hall–Kier alpha value is -2.46. The summed E-state index contributed by atoms with van der Waals surface area (Å²) in [5.41, 5.74) is 10.9. The molecule has 2 aliphatic rings. The number of allylic oxidation sites excluding steroid dienone is 1. The zero-order valence-corrected chi connectivity index (χ0v) is 14.8. The number of hydrazone groups is 1. The van der Waals surface area contributed by atoms with Crippen molar-refractivity contribution in [1.82, 2.24) is 5.01 Å². The lowest BCUT2D eigenvalue weighted by Crippen LogP contribution is -2.34. The average molecular weight is 347 g/mol. The van der Waals surface area contributed by atoms with Crippen molar-refractivity contribution in [2.24, 2.45) is 16.8 Å². The van der Waals surface area contributed by atoms with E-state index in [0.717, 1.165) is 25.0 Å². The first kappa shape index (κ1) is 16.0. The zero-order chi connectivity index (χ0) is 17.2. The van der Waals surface area contributed by atoms with E-state index >= 15 is 0 Å². The Morgan fingerprint density at radius 3 is 2.44 bits per heavy atom. The van der Waals surface area contributed by atoms with E-state index in [1.165, 1.54) is 16.7 Å². The van der Waals surface area contributed by atoms with Gasteiger partial charge in [-0.15, -0.1) is 0 Å². The van der Waals surface area contributed by atoms with Gasteiger partial charge in [-0.3, -0.25) is 0 Å². The quantitative estimate of drug-likeness (QED) is 0.812. The van der Waals surface area contributed by atoms with Crippen LogP contribution < -0.4 is 5.73 Å². The Labute approximate surface area is 153 Å². The van der Waals surface area contributed by atoms with Crippen LogP contribution in [0.4, 0.5) is 0 Å². The lowest BCUT2D eigenvalue weighted by atomic mass is 9.77. The molecule has 4 rings (SSSR count). The number of hydrogen-bond acceptors (Lipinski definition) is 2. The lowest BCUT2D eigenvalue weighted by Gasteiger charge is -2.29. The first-order chi connectivity index (χ1) is 12.2. The summed E-state index contributed by atoms with van der Waals surface area (Å²) < 4.78 is 0. The van der Waals surface area contributed by atoms with Crippen LogP contribution in [-0.4, -0.2) is 15.8 Å². The monoisotopic (exact) mass is 347 g/mol. The van der Waals surface area contributed by atoms with E-state index < -0.39 is 0 Å². The third kappa shape index (κ3) is 3.10. The molecule has 126 valence electrons. The summed E-state index contributed by atoms with van der Waals surface area (Å²) in [6.07, 6.45) is 5.59. The van der Waals surface area contributed by atoms with Gasteiger partial charge in [-0.1, -0.05) is 60.7 Å². The molecule has 2 atom stereocenters. The van der Waals surface area contributed by atoms with Crippen molar-refractivity contribution in [2.75, 3.05) is 0 Å². The molecule has 1 saturated carbocycles. The molecule has 4 heteroatoms. The van der Waals surface area contributed by atoms with Gasteiger partial charge in [0, 0.05) is 5.92 Å². The minimum absolute atomic E-state index is 0.105. The fourth-order valence-corrected chi connectivity index (χ4v) is 4.07. The molecule has 0 unspecified atom stereocenters. The first-order valence-corrected chi connectivity index (χ1v) is 9.13. The molecule has 2 aromatic carbocycles. The number of thiocarbonyl (C=S) groups is 1. The zero-order valence-electron chi connectivity index (χ0n) is 14.0. The highest BCUT2D eigenvalue weighted by atomic mass is 32.1. The molecule has 0 amide bonds. The highest BCUT2D eigenvalue weighted by molar-refractivity contribution is 7.80. The summed E-state index contributed by atoms with van der Waals surface area (Å²) in [7, 11) is 0. The second kappa shape index (κ2) is 6.81. The van der Waals surface area contributed by atoms with Crippen molar-refractivity contribution in [1.29, 1.82) is 0 Å². The molecule has 0 saturated heterocycles. The van der Waals surface area contributed by atoms with Crippen molar-refractivity contribution in [3.63, 3.8) is 0 Å². The summed E-state index contributed by atoms with van der Waals surface area (Å²) >= 11 is 5.30. The molecule has 25 heavy (non-hydrogen) atoms. The number of rotatable bonds is 2. The van der Waals surface area contributed by atoms with Gasteiger partial charge in [-0.25, -0.2) is 5.01 Å². The van der Waals surface area contributed by atoms with Crippen molar-refractivity contribution in [2.45, 2.75) is 25.3 Å². The summed E-state index contributed by atoms with van der Waals surface area (Å²) in [6.45, 7) is 0.